The van der Waals surface area contributed by atoms with Gasteiger partial charge in [0.15, 0.2) is 0 Å². The number of hydrogen-bond donors (Lipinski definition) is 4. The quantitative estimate of drug-likeness (QED) is 0.417. The fraction of sp³-hybridized carbons (Fsp3) is 1.00. The van der Waals surface area contributed by atoms with Crippen molar-refractivity contribution in [3.8, 4) is 0 Å². The molecule has 0 aromatic rings. The van der Waals surface area contributed by atoms with Crippen molar-refractivity contribution in [3.05, 3.63) is 0 Å². The van der Waals surface area contributed by atoms with Crippen LogP contribution in [0.15, 0.2) is 0 Å². The molecule has 0 aliphatic heterocycles. The van der Waals surface area contributed by atoms with Crippen LogP contribution in [-0.2, 0) is 0 Å². The molecule has 4 nitrogen and oxygen atoms in total. The second-order valence-corrected chi connectivity index (χ2v) is 3.61. The summed E-state index contributed by atoms with van der Waals surface area (Å²) in [6, 6.07) is 0. The highest BCUT2D eigenvalue weighted by Gasteiger charge is 2.21. The van der Waals surface area contributed by atoms with Gasteiger partial charge in [0.05, 0.1) is 19.3 Å². The van der Waals surface area contributed by atoms with Gasteiger partial charge in [-0.3, -0.25) is 0 Å². The average molecular weight is 177 g/mol. The molecular weight excluding hydrogens is 158 g/mol. The highest BCUT2D eigenvalue weighted by Crippen LogP contribution is 2.11. The minimum Gasteiger partial charge on any atom is -0.396 e. The van der Waals surface area contributed by atoms with Gasteiger partial charge in [-0.15, -0.1) is 0 Å². The van der Waals surface area contributed by atoms with Crippen LogP contribution < -0.4 is 5.32 Å². The maximum atomic E-state index is 8.91. The zero-order chi connectivity index (χ0) is 9.61. The molecule has 1 unspecified atom stereocenters. The van der Waals surface area contributed by atoms with Gasteiger partial charge in [-0.2, -0.15) is 0 Å². The summed E-state index contributed by atoms with van der Waals surface area (Å²) in [7, 11) is 0. The molecule has 0 saturated carbocycles. The molecule has 0 bridgehead atoms. The van der Waals surface area contributed by atoms with Crippen LogP contribution in [0.1, 0.15) is 13.8 Å². The van der Waals surface area contributed by atoms with Crippen LogP contribution in [0.5, 0.6) is 0 Å². The maximum Gasteiger partial charge on any atom is 0.0636 e. The molecule has 0 aliphatic rings. The zero-order valence-corrected chi connectivity index (χ0v) is 7.75. The Labute approximate surface area is 73.2 Å². The summed E-state index contributed by atoms with van der Waals surface area (Å²) >= 11 is 0. The Bertz CT molecular complexity index is 113. The van der Waals surface area contributed by atoms with E-state index in [4.69, 9.17) is 15.3 Å². The Kier molecular flexibility index (Phi) is 5.41. The largest absolute Gasteiger partial charge is 0.396 e. The molecule has 0 saturated heterocycles. The Morgan fingerprint density at radius 3 is 2.17 bits per heavy atom. The summed E-state index contributed by atoms with van der Waals surface area (Å²) in [6.07, 6.45) is -0.397. The standard InChI is InChI=1S/C8H19NO3/c1-7(12)3-9-4-8(2,5-10)6-11/h7,9-12H,3-6H2,1-2H3. The van der Waals surface area contributed by atoms with E-state index in [0.29, 0.717) is 13.1 Å². The van der Waals surface area contributed by atoms with Crippen molar-refractivity contribution in [2.24, 2.45) is 5.41 Å². The van der Waals surface area contributed by atoms with E-state index in [1.165, 1.54) is 0 Å². The van der Waals surface area contributed by atoms with Crippen molar-refractivity contribution >= 4 is 0 Å². The number of nitrogens with one attached hydrogen (secondary N) is 1. The topological polar surface area (TPSA) is 72.7 Å². The normalized spacial score (nSPS) is 14.8. The third kappa shape index (κ3) is 4.66. The first-order valence-corrected chi connectivity index (χ1v) is 4.14. The molecule has 0 aromatic carbocycles. The lowest BCUT2D eigenvalue weighted by Crippen LogP contribution is -2.40. The summed E-state index contributed by atoms with van der Waals surface area (Å²) < 4.78 is 0. The van der Waals surface area contributed by atoms with E-state index >= 15 is 0 Å². The molecule has 0 rings (SSSR count). The molecular formula is C8H19NO3. The van der Waals surface area contributed by atoms with Crippen LogP contribution >= 0.6 is 0 Å². The van der Waals surface area contributed by atoms with Gasteiger partial charge in [-0.05, 0) is 6.92 Å². The number of hydrogen-bond acceptors (Lipinski definition) is 4. The van der Waals surface area contributed by atoms with E-state index < -0.39 is 11.5 Å². The van der Waals surface area contributed by atoms with Gasteiger partial charge >= 0.3 is 0 Å². The van der Waals surface area contributed by atoms with E-state index in [0.717, 1.165) is 0 Å². The van der Waals surface area contributed by atoms with Gasteiger partial charge in [0, 0.05) is 18.5 Å². The third-order valence-corrected chi connectivity index (χ3v) is 1.75. The second-order valence-electron chi connectivity index (χ2n) is 3.61. The molecule has 0 radical (unpaired) electrons. The van der Waals surface area contributed by atoms with Gasteiger partial charge in [0.1, 0.15) is 0 Å². The average Bonchev–Trinajstić information content (AvgIpc) is 2.03. The van der Waals surface area contributed by atoms with Gasteiger partial charge < -0.3 is 20.6 Å². The van der Waals surface area contributed by atoms with Crippen LogP contribution in [0.25, 0.3) is 0 Å². The van der Waals surface area contributed by atoms with E-state index in [9.17, 15) is 0 Å². The van der Waals surface area contributed by atoms with E-state index in [1.807, 2.05) is 0 Å². The highest BCUT2D eigenvalue weighted by atomic mass is 16.3. The lowest BCUT2D eigenvalue weighted by Gasteiger charge is -2.25. The SMILES string of the molecule is CC(O)CNCC(C)(CO)CO. The number of aliphatic hydroxyl groups excluding tert-OH is 3. The summed E-state index contributed by atoms with van der Waals surface area (Å²) in [6.45, 7) is 4.33. The molecule has 0 fully saturated rings. The first kappa shape index (κ1) is 11.8. The van der Waals surface area contributed by atoms with Crippen LogP contribution in [0, 0.1) is 5.41 Å². The fourth-order valence-corrected chi connectivity index (χ4v) is 0.745. The lowest BCUT2D eigenvalue weighted by atomic mass is 9.93. The minimum absolute atomic E-state index is 0.0592. The van der Waals surface area contributed by atoms with Crippen molar-refractivity contribution < 1.29 is 15.3 Å². The van der Waals surface area contributed by atoms with Gasteiger partial charge in [0.2, 0.25) is 0 Å². The minimum atomic E-state index is -0.491. The van der Waals surface area contributed by atoms with Crippen molar-refractivity contribution in [1.29, 1.82) is 0 Å². The summed E-state index contributed by atoms with van der Waals surface area (Å²) in [5.41, 5.74) is -0.491. The first-order chi connectivity index (χ1) is 5.54. The number of aliphatic hydroxyl groups is 3. The molecule has 4 N–H and O–H groups in total. The summed E-state index contributed by atoms with van der Waals surface area (Å²) in [5.74, 6) is 0. The van der Waals surface area contributed by atoms with Crippen molar-refractivity contribution in [2.75, 3.05) is 26.3 Å². The van der Waals surface area contributed by atoms with Crippen molar-refractivity contribution in [3.63, 3.8) is 0 Å². The van der Waals surface area contributed by atoms with Crippen molar-refractivity contribution in [2.45, 2.75) is 20.0 Å². The maximum absolute atomic E-state index is 8.91. The van der Waals surface area contributed by atoms with Crippen LogP contribution in [0.4, 0.5) is 0 Å². The first-order valence-electron chi connectivity index (χ1n) is 4.14. The predicted octanol–water partition coefficient (Wildman–Crippen LogP) is -1.05. The molecule has 4 heteroatoms. The van der Waals surface area contributed by atoms with Crippen LogP contribution in [-0.4, -0.2) is 47.7 Å². The fourth-order valence-electron chi connectivity index (χ4n) is 0.745. The van der Waals surface area contributed by atoms with E-state index in [2.05, 4.69) is 5.32 Å². The molecule has 1 atom stereocenters. The van der Waals surface area contributed by atoms with Gasteiger partial charge in [-0.25, -0.2) is 0 Å². The molecule has 74 valence electrons. The molecule has 0 aromatic heterocycles. The summed E-state index contributed by atoms with van der Waals surface area (Å²) in [5, 5.41) is 29.6. The Morgan fingerprint density at radius 2 is 1.83 bits per heavy atom. The zero-order valence-electron chi connectivity index (χ0n) is 7.75. The van der Waals surface area contributed by atoms with Crippen LogP contribution in [0.2, 0.25) is 0 Å². The predicted molar refractivity (Wildman–Crippen MR) is 46.8 cm³/mol. The Morgan fingerprint density at radius 1 is 1.33 bits per heavy atom. The van der Waals surface area contributed by atoms with Crippen molar-refractivity contribution in [1.82, 2.24) is 5.32 Å². The van der Waals surface area contributed by atoms with Gasteiger partial charge in [0.25, 0.3) is 0 Å². The second kappa shape index (κ2) is 5.48. The molecule has 0 amide bonds. The molecule has 0 heterocycles. The highest BCUT2D eigenvalue weighted by molar-refractivity contribution is 4.75. The summed E-state index contributed by atoms with van der Waals surface area (Å²) in [4.78, 5) is 0. The van der Waals surface area contributed by atoms with Gasteiger partial charge in [-0.1, -0.05) is 6.92 Å². The van der Waals surface area contributed by atoms with Crippen LogP contribution in [0.3, 0.4) is 0 Å². The molecule has 0 aliphatic carbocycles. The molecule has 12 heavy (non-hydrogen) atoms. The monoisotopic (exact) mass is 177 g/mol. The smallest absolute Gasteiger partial charge is 0.0636 e. The Balaban J connectivity index is 3.58. The number of rotatable bonds is 6. The Hall–Kier alpha value is -0.160. The third-order valence-electron chi connectivity index (χ3n) is 1.75. The lowest BCUT2D eigenvalue weighted by molar-refractivity contribution is 0.0664. The molecule has 0 spiro atoms. The van der Waals surface area contributed by atoms with E-state index in [1.54, 1.807) is 13.8 Å². The van der Waals surface area contributed by atoms with E-state index in [-0.39, 0.29) is 13.2 Å².